The van der Waals surface area contributed by atoms with Crippen molar-refractivity contribution in [3.8, 4) is 17.6 Å². The lowest BCUT2D eigenvalue weighted by Gasteiger charge is -2.15. The van der Waals surface area contributed by atoms with Crippen molar-refractivity contribution >= 4 is 11.6 Å². The van der Waals surface area contributed by atoms with E-state index < -0.39 is 0 Å². The number of alkyl halides is 1. The molecule has 0 aliphatic rings. The number of ether oxygens (including phenoxy) is 2. The van der Waals surface area contributed by atoms with Crippen LogP contribution in [0.1, 0.15) is 23.6 Å². The van der Waals surface area contributed by atoms with E-state index in [0.29, 0.717) is 36.2 Å². The number of hydrogen-bond donors (Lipinski definition) is 0. The normalized spacial score (nSPS) is 9.95. The van der Waals surface area contributed by atoms with Gasteiger partial charge < -0.3 is 9.47 Å². The Hall–Kier alpha value is -2.18. The van der Waals surface area contributed by atoms with Crippen LogP contribution in [-0.2, 0) is 12.5 Å². The van der Waals surface area contributed by atoms with Crippen LogP contribution in [0.4, 0.5) is 0 Å². The lowest BCUT2D eigenvalue weighted by molar-refractivity contribution is 0.267. The largest absolute Gasteiger partial charge is 0.490 e. The fourth-order valence-electron chi connectivity index (χ4n) is 1.99. The summed E-state index contributed by atoms with van der Waals surface area (Å²) < 4.78 is 11.5. The Morgan fingerprint density at radius 3 is 2.67 bits per heavy atom. The van der Waals surface area contributed by atoms with Gasteiger partial charge in [-0.05, 0) is 30.7 Å². The van der Waals surface area contributed by atoms with Gasteiger partial charge in [0.1, 0.15) is 6.61 Å². The lowest BCUT2D eigenvalue weighted by Crippen LogP contribution is -2.02. The van der Waals surface area contributed by atoms with Crippen molar-refractivity contribution in [3.63, 3.8) is 0 Å². The Bertz CT molecular complexity index is 649. The van der Waals surface area contributed by atoms with Gasteiger partial charge in [0, 0.05) is 5.56 Å². The topological polar surface area (TPSA) is 42.2 Å². The molecule has 2 aromatic carbocycles. The van der Waals surface area contributed by atoms with Gasteiger partial charge >= 0.3 is 0 Å². The molecule has 0 spiro atoms. The first kappa shape index (κ1) is 15.2. The number of hydrogen-bond acceptors (Lipinski definition) is 3. The minimum atomic E-state index is 0.356. The summed E-state index contributed by atoms with van der Waals surface area (Å²) in [4.78, 5) is 0. The number of nitriles is 1. The monoisotopic (exact) mass is 301 g/mol. The molecule has 0 saturated carbocycles. The van der Waals surface area contributed by atoms with Crippen LogP contribution in [0.25, 0.3) is 0 Å². The quantitative estimate of drug-likeness (QED) is 0.748. The van der Waals surface area contributed by atoms with E-state index in [4.69, 9.17) is 26.3 Å². The molecular formula is C17H16ClNO2. The van der Waals surface area contributed by atoms with Crippen molar-refractivity contribution in [1.82, 2.24) is 0 Å². The fraction of sp³-hybridized carbons (Fsp3) is 0.235. The molecule has 2 aromatic rings. The Balaban J connectivity index is 2.20. The van der Waals surface area contributed by atoms with Crippen LogP contribution < -0.4 is 9.47 Å². The molecule has 3 nitrogen and oxygen atoms in total. The third-order valence-electron chi connectivity index (χ3n) is 2.94. The Morgan fingerprint density at radius 1 is 1.14 bits per heavy atom. The summed E-state index contributed by atoms with van der Waals surface area (Å²) in [6, 6.07) is 15.1. The maximum Gasteiger partial charge on any atom is 0.166 e. The summed E-state index contributed by atoms with van der Waals surface area (Å²) in [5.41, 5.74) is 2.44. The van der Waals surface area contributed by atoms with Gasteiger partial charge in [-0.2, -0.15) is 5.26 Å². The SMILES string of the molecule is CCOc1cccc(CCl)c1OCc1cccc(C#N)c1. The fourth-order valence-corrected chi connectivity index (χ4v) is 2.20. The minimum Gasteiger partial charge on any atom is -0.490 e. The molecule has 2 rings (SSSR count). The van der Waals surface area contributed by atoms with Crippen molar-refractivity contribution in [1.29, 1.82) is 5.26 Å². The summed E-state index contributed by atoms with van der Waals surface area (Å²) in [6.45, 7) is 2.85. The molecule has 0 aromatic heterocycles. The van der Waals surface area contributed by atoms with E-state index in [1.54, 1.807) is 6.07 Å². The van der Waals surface area contributed by atoms with Gasteiger partial charge in [-0.15, -0.1) is 11.6 Å². The van der Waals surface area contributed by atoms with Crippen LogP contribution in [-0.4, -0.2) is 6.61 Å². The standard InChI is InChI=1S/C17H16ClNO2/c1-2-20-16-8-4-7-15(10-18)17(16)21-12-14-6-3-5-13(9-14)11-19/h3-9H,2,10,12H2,1H3. The first-order valence-corrected chi connectivity index (χ1v) is 7.24. The van der Waals surface area contributed by atoms with E-state index in [9.17, 15) is 0 Å². The molecule has 0 bridgehead atoms. The summed E-state index contributed by atoms with van der Waals surface area (Å²) in [5, 5.41) is 8.92. The van der Waals surface area contributed by atoms with Crippen LogP contribution in [0.2, 0.25) is 0 Å². The second-order valence-electron chi connectivity index (χ2n) is 4.41. The number of nitrogens with zero attached hydrogens (tertiary/aromatic N) is 1. The van der Waals surface area contributed by atoms with Crippen molar-refractivity contribution in [2.75, 3.05) is 6.61 Å². The highest BCUT2D eigenvalue weighted by atomic mass is 35.5. The summed E-state index contributed by atoms with van der Waals surface area (Å²) >= 11 is 5.96. The van der Waals surface area contributed by atoms with Gasteiger partial charge in [0.15, 0.2) is 11.5 Å². The molecule has 0 fully saturated rings. The van der Waals surface area contributed by atoms with Crippen LogP contribution in [0.3, 0.4) is 0 Å². The van der Waals surface area contributed by atoms with Gasteiger partial charge in [0.2, 0.25) is 0 Å². The first-order chi connectivity index (χ1) is 10.3. The van der Waals surface area contributed by atoms with Crippen molar-refractivity contribution < 1.29 is 9.47 Å². The highest BCUT2D eigenvalue weighted by Crippen LogP contribution is 2.33. The zero-order chi connectivity index (χ0) is 15.1. The molecule has 0 N–H and O–H groups in total. The van der Waals surface area contributed by atoms with Gasteiger partial charge in [-0.3, -0.25) is 0 Å². The molecule has 108 valence electrons. The van der Waals surface area contributed by atoms with Crippen molar-refractivity contribution in [2.45, 2.75) is 19.4 Å². The van der Waals surface area contributed by atoms with E-state index in [0.717, 1.165) is 11.1 Å². The second-order valence-corrected chi connectivity index (χ2v) is 4.68. The van der Waals surface area contributed by atoms with E-state index in [-0.39, 0.29) is 0 Å². The molecule has 0 aliphatic carbocycles. The average Bonchev–Trinajstić information content (AvgIpc) is 2.54. The van der Waals surface area contributed by atoms with E-state index in [2.05, 4.69) is 6.07 Å². The number of benzene rings is 2. The number of para-hydroxylation sites is 1. The summed E-state index contributed by atoms with van der Waals surface area (Å²) in [6.07, 6.45) is 0. The molecule has 0 heterocycles. The molecule has 0 aliphatic heterocycles. The Morgan fingerprint density at radius 2 is 1.95 bits per heavy atom. The lowest BCUT2D eigenvalue weighted by atomic mass is 10.1. The third-order valence-corrected chi connectivity index (χ3v) is 3.23. The summed E-state index contributed by atoms with van der Waals surface area (Å²) in [5.74, 6) is 1.71. The van der Waals surface area contributed by atoms with Gasteiger partial charge in [0.05, 0.1) is 24.1 Å². The average molecular weight is 302 g/mol. The smallest absolute Gasteiger partial charge is 0.166 e. The van der Waals surface area contributed by atoms with Gasteiger partial charge in [-0.25, -0.2) is 0 Å². The number of halogens is 1. The Labute approximate surface area is 129 Å². The van der Waals surface area contributed by atoms with Gasteiger partial charge in [0.25, 0.3) is 0 Å². The van der Waals surface area contributed by atoms with Crippen LogP contribution >= 0.6 is 11.6 Å². The predicted octanol–water partition coefficient (Wildman–Crippen LogP) is 4.27. The molecule has 21 heavy (non-hydrogen) atoms. The van der Waals surface area contributed by atoms with Crippen LogP contribution in [0.15, 0.2) is 42.5 Å². The van der Waals surface area contributed by atoms with E-state index >= 15 is 0 Å². The van der Waals surface area contributed by atoms with Crippen LogP contribution in [0.5, 0.6) is 11.5 Å². The minimum absolute atomic E-state index is 0.356. The molecule has 4 heteroatoms. The molecule has 0 saturated heterocycles. The molecule has 0 radical (unpaired) electrons. The second kappa shape index (κ2) is 7.56. The zero-order valence-corrected chi connectivity index (χ0v) is 12.6. The Kier molecular flexibility index (Phi) is 5.48. The van der Waals surface area contributed by atoms with E-state index in [1.165, 1.54) is 0 Å². The van der Waals surface area contributed by atoms with Gasteiger partial charge in [-0.1, -0.05) is 24.3 Å². The molecule has 0 amide bonds. The predicted molar refractivity (Wildman–Crippen MR) is 82.7 cm³/mol. The molecule has 0 unspecified atom stereocenters. The first-order valence-electron chi connectivity index (χ1n) is 6.71. The summed E-state index contributed by atoms with van der Waals surface area (Å²) in [7, 11) is 0. The highest BCUT2D eigenvalue weighted by molar-refractivity contribution is 6.17. The molecule has 0 atom stereocenters. The van der Waals surface area contributed by atoms with E-state index in [1.807, 2.05) is 43.3 Å². The maximum absolute atomic E-state index is 8.92. The highest BCUT2D eigenvalue weighted by Gasteiger charge is 2.10. The van der Waals surface area contributed by atoms with Crippen molar-refractivity contribution in [3.05, 3.63) is 59.2 Å². The van der Waals surface area contributed by atoms with Crippen molar-refractivity contribution in [2.24, 2.45) is 0 Å². The number of rotatable bonds is 6. The maximum atomic E-state index is 8.92. The zero-order valence-electron chi connectivity index (χ0n) is 11.8. The molecular weight excluding hydrogens is 286 g/mol. The third kappa shape index (κ3) is 3.90. The van der Waals surface area contributed by atoms with Crippen LogP contribution in [0, 0.1) is 11.3 Å².